The van der Waals surface area contributed by atoms with E-state index in [1.807, 2.05) is 12.1 Å². The Morgan fingerprint density at radius 3 is 2.12 bits per heavy atom. The first-order valence-electron chi connectivity index (χ1n) is 5.88. The molecule has 0 heterocycles. The molecule has 0 saturated heterocycles. The van der Waals surface area contributed by atoms with Gasteiger partial charge < -0.3 is 5.11 Å². The van der Waals surface area contributed by atoms with Crippen LogP contribution in [-0.2, 0) is 9.84 Å². The summed E-state index contributed by atoms with van der Waals surface area (Å²) in [4.78, 5) is 0.327. The van der Waals surface area contributed by atoms with Crippen LogP contribution in [0.1, 0.15) is 38.2 Å². The Morgan fingerprint density at radius 1 is 1.24 bits per heavy atom. The molecule has 0 aliphatic heterocycles. The highest BCUT2D eigenvalue weighted by Gasteiger charge is 2.54. The summed E-state index contributed by atoms with van der Waals surface area (Å²) in [5.41, 5.74) is 1.12. The maximum atomic E-state index is 12.3. The second-order valence-corrected chi connectivity index (χ2v) is 7.41. The molecule has 1 N–H and O–H groups in total. The van der Waals surface area contributed by atoms with Gasteiger partial charge in [-0.05, 0) is 36.5 Å². The zero-order valence-corrected chi connectivity index (χ0v) is 11.0. The maximum Gasteiger partial charge on any atom is 0.186 e. The smallest absolute Gasteiger partial charge is 0.186 e. The van der Waals surface area contributed by atoms with Gasteiger partial charge in [0.15, 0.2) is 9.84 Å². The number of aliphatic hydroxyl groups excluding tert-OH is 1. The van der Waals surface area contributed by atoms with Gasteiger partial charge in [0.1, 0.15) is 0 Å². The molecule has 1 aromatic carbocycles. The van der Waals surface area contributed by atoms with E-state index in [0.29, 0.717) is 23.7 Å². The number of rotatable bonds is 4. The predicted molar refractivity (Wildman–Crippen MR) is 66.8 cm³/mol. The zero-order chi connectivity index (χ0) is 12.7. The third-order valence-electron chi connectivity index (χ3n) is 3.52. The molecule has 0 atom stereocenters. The van der Waals surface area contributed by atoms with Crippen molar-refractivity contribution in [3.05, 3.63) is 29.8 Å². The monoisotopic (exact) mass is 254 g/mol. The minimum Gasteiger partial charge on any atom is -0.395 e. The molecule has 0 bridgehead atoms. The molecular weight excluding hydrogens is 236 g/mol. The molecular formula is C13H18O3S. The third kappa shape index (κ3) is 2.00. The number of benzene rings is 1. The number of hydrogen-bond donors (Lipinski definition) is 1. The second-order valence-electron chi connectivity index (χ2n) is 5.07. The highest BCUT2D eigenvalue weighted by Crippen LogP contribution is 2.46. The van der Waals surface area contributed by atoms with Crippen LogP contribution in [0.3, 0.4) is 0 Å². The van der Waals surface area contributed by atoms with Crippen molar-refractivity contribution in [2.75, 3.05) is 6.61 Å². The molecule has 1 saturated carbocycles. The van der Waals surface area contributed by atoms with Crippen LogP contribution in [0.2, 0.25) is 0 Å². The lowest BCUT2D eigenvalue weighted by Crippen LogP contribution is -2.27. The Labute approximate surface area is 102 Å². The minimum absolute atomic E-state index is 0.277. The van der Waals surface area contributed by atoms with Crippen LogP contribution in [0.15, 0.2) is 29.2 Å². The fourth-order valence-corrected chi connectivity index (χ4v) is 3.74. The molecule has 3 nitrogen and oxygen atoms in total. The Balaban J connectivity index is 2.35. The van der Waals surface area contributed by atoms with E-state index in [2.05, 4.69) is 13.8 Å². The standard InChI is InChI=1S/C13H18O3S/c1-10(2)11-3-5-12(6-4-11)17(15,16)13(9-14)7-8-13/h3-6,10,14H,7-9H2,1-2H3. The number of aliphatic hydroxyl groups is 1. The molecule has 0 aromatic heterocycles. The average molecular weight is 254 g/mol. The molecule has 17 heavy (non-hydrogen) atoms. The minimum atomic E-state index is -3.37. The molecule has 1 aliphatic carbocycles. The molecule has 1 fully saturated rings. The molecule has 4 heteroatoms. The van der Waals surface area contributed by atoms with E-state index in [4.69, 9.17) is 0 Å². The summed E-state index contributed by atoms with van der Waals surface area (Å²) < 4.78 is 23.6. The van der Waals surface area contributed by atoms with Gasteiger partial charge in [-0.25, -0.2) is 8.42 Å². The topological polar surface area (TPSA) is 54.4 Å². The van der Waals surface area contributed by atoms with Crippen molar-refractivity contribution in [3.8, 4) is 0 Å². The van der Waals surface area contributed by atoms with E-state index in [1.165, 1.54) is 0 Å². The van der Waals surface area contributed by atoms with Crippen molar-refractivity contribution in [3.63, 3.8) is 0 Å². The Bertz CT molecular complexity index is 496. The van der Waals surface area contributed by atoms with Gasteiger partial charge >= 0.3 is 0 Å². The lowest BCUT2D eigenvalue weighted by molar-refractivity contribution is 0.283. The van der Waals surface area contributed by atoms with Crippen LogP contribution >= 0.6 is 0 Å². The van der Waals surface area contributed by atoms with Crippen molar-refractivity contribution < 1.29 is 13.5 Å². The summed E-state index contributed by atoms with van der Waals surface area (Å²) in [6, 6.07) is 7.01. The normalized spacial score (nSPS) is 18.4. The van der Waals surface area contributed by atoms with Crippen molar-refractivity contribution in [1.29, 1.82) is 0 Å². The summed E-state index contributed by atoms with van der Waals surface area (Å²) in [5.74, 6) is 0.388. The number of sulfone groups is 1. The highest BCUT2D eigenvalue weighted by atomic mass is 32.2. The second kappa shape index (κ2) is 4.10. The highest BCUT2D eigenvalue weighted by molar-refractivity contribution is 7.93. The van der Waals surface area contributed by atoms with Crippen LogP contribution < -0.4 is 0 Å². The van der Waals surface area contributed by atoms with Gasteiger partial charge in [-0.2, -0.15) is 0 Å². The molecule has 2 rings (SSSR count). The van der Waals surface area contributed by atoms with Crippen LogP contribution in [0, 0.1) is 0 Å². The van der Waals surface area contributed by atoms with E-state index in [1.54, 1.807) is 12.1 Å². The van der Waals surface area contributed by atoms with Crippen molar-refractivity contribution >= 4 is 9.84 Å². The third-order valence-corrected chi connectivity index (χ3v) is 6.09. The SMILES string of the molecule is CC(C)c1ccc(S(=O)(=O)C2(CO)CC2)cc1. The summed E-state index contributed by atoms with van der Waals surface area (Å²) in [7, 11) is -3.37. The summed E-state index contributed by atoms with van der Waals surface area (Å²) in [6.07, 6.45) is 1.13. The van der Waals surface area contributed by atoms with Crippen molar-refractivity contribution in [2.45, 2.75) is 42.2 Å². The van der Waals surface area contributed by atoms with Crippen LogP contribution in [0.5, 0.6) is 0 Å². The quantitative estimate of drug-likeness (QED) is 0.895. The van der Waals surface area contributed by atoms with Gasteiger partial charge in [0.25, 0.3) is 0 Å². The lowest BCUT2D eigenvalue weighted by atomic mass is 10.0. The molecule has 0 radical (unpaired) electrons. The molecule has 0 unspecified atom stereocenters. The predicted octanol–water partition coefficient (Wildman–Crippen LogP) is 2.11. The van der Waals surface area contributed by atoms with Gasteiger partial charge in [-0.15, -0.1) is 0 Å². The van der Waals surface area contributed by atoms with Gasteiger partial charge in [0, 0.05) is 0 Å². The van der Waals surface area contributed by atoms with E-state index < -0.39 is 14.6 Å². The first-order valence-corrected chi connectivity index (χ1v) is 7.37. The fraction of sp³-hybridized carbons (Fsp3) is 0.538. The maximum absolute atomic E-state index is 12.3. The first kappa shape index (κ1) is 12.6. The van der Waals surface area contributed by atoms with Gasteiger partial charge in [-0.3, -0.25) is 0 Å². The van der Waals surface area contributed by atoms with Gasteiger partial charge in [0.2, 0.25) is 0 Å². The Kier molecular flexibility index (Phi) is 3.04. The first-order chi connectivity index (χ1) is 7.93. The Hall–Kier alpha value is -0.870. The molecule has 0 amide bonds. The number of hydrogen-bond acceptors (Lipinski definition) is 3. The van der Waals surface area contributed by atoms with E-state index in [9.17, 15) is 13.5 Å². The van der Waals surface area contributed by atoms with Crippen LogP contribution in [0.4, 0.5) is 0 Å². The fourth-order valence-electron chi connectivity index (χ4n) is 1.93. The summed E-state index contributed by atoms with van der Waals surface area (Å²) in [6.45, 7) is 3.86. The largest absolute Gasteiger partial charge is 0.395 e. The van der Waals surface area contributed by atoms with Crippen molar-refractivity contribution in [2.24, 2.45) is 0 Å². The average Bonchev–Trinajstić information content (AvgIpc) is 3.10. The van der Waals surface area contributed by atoms with Gasteiger partial charge in [0.05, 0.1) is 16.2 Å². The molecule has 1 aromatic rings. The van der Waals surface area contributed by atoms with E-state index in [-0.39, 0.29) is 6.61 Å². The van der Waals surface area contributed by atoms with Crippen LogP contribution in [-0.4, -0.2) is 24.9 Å². The zero-order valence-electron chi connectivity index (χ0n) is 10.2. The molecule has 1 aliphatic rings. The van der Waals surface area contributed by atoms with E-state index in [0.717, 1.165) is 5.56 Å². The summed E-state index contributed by atoms with van der Waals surface area (Å²) >= 11 is 0. The molecule has 0 spiro atoms. The van der Waals surface area contributed by atoms with Gasteiger partial charge in [-0.1, -0.05) is 26.0 Å². The van der Waals surface area contributed by atoms with E-state index >= 15 is 0 Å². The lowest BCUT2D eigenvalue weighted by Gasteiger charge is -2.14. The Morgan fingerprint density at radius 2 is 1.76 bits per heavy atom. The van der Waals surface area contributed by atoms with Crippen molar-refractivity contribution in [1.82, 2.24) is 0 Å². The molecule has 94 valence electrons. The van der Waals surface area contributed by atoms with Crippen LogP contribution in [0.25, 0.3) is 0 Å². The summed E-state index contributed by atoms with van der Waals surface area (Å²) in [5, 5.41) is 9.22.